The molecule has 0 fully saturated rings. The van der Waals surface area contributed by atoms with Crippen LogP contribution in [-0.2, 0) is 11.3 Å². The minimum atomic E-state index is -4.29. The molecular weight excluding hydrogens is 237 g/mol. The zero-order valence-corrected chi connectivity index (χ0v) is 9.04. The second-order valence-corrected chi connectivity index (χ2v) is 3.52. The van der Waals surface area contributed by atoms with Crippen molar-refractivity contribution in [2.45, 2.75) is 19.1 Å². The maximum Gasteiger partial charge on any atom is 0.411 e. The molecule has 4 nitrogen and oxygen atoms in total. The van der Waals surface area contributed by atoms with Crippen molar-refractivity contribution in [1.82, 2.24) is 4.57 Å². The lowest BCUT2D eigenvalue weighted by molar-refractivity contribution is -0.174. The normalized spacial score (nSPS) is 11.7. The van der Waals surface area contributed by atoms with Crippen molar-refractivity contribution in [3.63, 3.8) is 0 Å². The van der Waals surface area contributed by atoms with Gasteiger partial charge in [-0.05, 0) is 6.42 Å². The van der Waals surface area contributed by atoms with Crippen LogP contribution in [0.1, 0.15) is 6.42 Å². The molecule has 1 heterocycles. The second-order valence-electron chi connectivity index (χ2n) is 3.52. The molecule has 0 aromatic carbocycles. The van der Waals surface area contributed by atoms with Gasteiger partial charge >= 0.3 is 6.18 Å². The molecule has 17 heavy (non-hydrogen) atoms. The summed E-state index contributed by atoms with van der Waals surface area (Å²) in [6.45, 7) is -0.785. The molecule has 0 aliphatic carbocycles. The standard InChI is InChI=1S/C10H13F3N2O2/c11-10(12,13)7-17-5-1-3-15-4-2-9(16)8(14)6-15/h2,4,6H,1,3,5,7,14H2. The van der Waals surface area contributed by atoms with Gasteiger partial charge < -0.3 is 15.0 Å². The average Bonchev–Trinajstić information content (AvgIpc) is 2.21. The molecular formula is C10H13F3N2O2. The largest absolute Gasteiger partial charge is 0.411 e. The van der Waals surface area contributed by atoms with Crippen LogP contribution in [0.25, 0.3) is 0 Å². The van der Waals surface area contributed by atoms with E-state index < -0.39 is 12.8 Å². The molecule has 0 unspecified atom stereocenters. The maximum absolute atomic E-state index is 11.7. The third-order valence-electron chi connectivity index (χ3n) is 1.98. The SMILES string of the molecule is Nc1cn(CCCOCC(F)(F)F)ccc1=O. The van der Waals surface area contributed by atoms with Crippen molar-refractivity contribution in [3.05, 3.63) is 28.7 Å². The molecule has 2 N–H and O–H groups in total. The van der Waals surface area contributed by atoms with Crippen LogP contribution in [0.3, 0.4) is 0 Å². The number of hydrogen-bond donors (Lipinski definition) is 1. The average molecular weight is 250 g/mol. The molecule has 0 aliphatic heterocycles. The zero-order valence-electron chi connectivity index (χ0n) is 9.04. The van der Waals surface area contributed by atoms with Crippen LogP contribution in [0.15, 0.2) is 23.3 Å². The van der Waals surface area contributed by atoms with Crippen LogP contribution in [-0.4, -0.2) is 24.0 Å². The number of alkyl halides is 3. The Morgan fingerprint density at radius 2 is 2.12 bits per heavy atom. The van der Waals surface area contributed by atoms with Crippen molar-refractivity contribution in [2.24, 2.45) is 0 Å². The summed E-state index contributed by atoms with van der Waals surface area (Å²) in [5.41, 5.74) is 5.24. The Labute approximate surface area is 95.8 Å². The minimum absolute atomic E-state index is 0.00550. The summed E-state index contributed by atoms with van der Waals surface area (Å²) < 4.78 is 41.2. The van der Waals surface area contributed by atoms with E-state index >= 15 is 0 Å². The first-order valence-corrected chi connectivity index (χ1v) is 4.98. The number of hydrogen-bond acceptors (Lipinski definition) is 3. The molecule has 1 aromatic rings. The Morgan fingerprint density at radius 3 is 2.71 bits per heavy atom. The van der Waals surface area contributed by atoms with Crippen molar-refractivity contribution < 1.29 is 17.9 Å². The Hall–Kier alpha value is -1.50. The summed E-state index contributed by atoms with van der Waals surface area (Å²) in [6, 6.07) is 1.31. The molecule has 0 bridgehead atoms. The molecule has 0 spiro atoms. The molecule has 0 saturated carbocycles. The molecule has 0 aliphatic rings. The van der Waals surface area contributed by atoms with E-state index in [2.05, 4.69) is 4.74 Å². The predicted molar refractivity (Wildman–Crippen MR) is 56.6 cm³/mol. The summed E-state index contributed by atoms with van der Waals surface area (Å²) in [5.74, 6) is 0. The van der Waals surface area contributed by atoms with Crippen molar-refractivity contribution >= 4 is 5.69 Å². The van der Waals surface area contributed by atoms with Gasteiger partial charge in [-0.2, -0.15) is 13.2 Å². The van der Waals surface area contributed by atoms with Gasteiger partial charge in [-0.25, -0.2) is 0 Å². The van der Waals surface area contributed by atoms with Crippen LogP contribution >= 0.6 is 0 Å². The van der Waals surface area contributed by atoms with E-state index in [-0.39, 0.29) is 17.7 Å². The first-order valence-electron chi connectivity index (χ1n) is 4.98. The molecule has 0 saturated heterocycles. The van der Waals surface area contributed by atoms with Gasteiger partial charge in [0, 0.05) is 31.6 Å². The third-order valence-corrected chi connectivity index (χ3v) is 1.98. The highest BCUT2D eigenvalue weighted by Gasteiger charge is 2.27. The first-order chi connectivity index (χ1) is 7.88. The fraction of sp³-hybridized carbons (Fsp3) is 0.500. The number of aryl methyl sites for hydroxylation is 1. The fourth-order valence-corrected chi connectivity index (χ4v) is 1.22. The lowest BCUT2D eigenvalue weighted by Crippen LogP contribution is -2.18. The van der Waals surface area contributed by atoms with Gasteiger partial charge in [0.15, 0.2) is 0 Å². The van der Waals surface area contributed by atoms with E-state index in [0.717, 1.165) is 0 Å². The number of nitrogen functional groups attached to an aromatic ring is 1. The summed E-state index contributed by atoms with van der Waals surface area (Å²) in [5, 5.41) is 0. The van der Waals surface area contributed by atoms with Crippen LogP contribution in [0.4, 0.5) is 18.9 Å². The van der Waals surface area contributed by atoms with Gasteiger partial charge in [-0.1, -0.05) is 0 Å². The highest BCUT2D eigenvalue weighted by atomic mass is 19.4. The molecule has 0 amide bonds. The Balaban J connectivity index is 2.27. The molecule has 0 atom stereocenters. The highest BCUT2D eigenvalue weighted by molar-refractivity contribution is 5.33. The van der Waals surface area contributed by atoms with Crippen LogP contribution < -0.4 is 11.2 Å². The summed E-state index contributed by atoms with van der Waals surface area (Å²) in [7, 11) is 0. The van der Waals surface area contributed by atoms with E-state index in [1.807, 2.05) is 0 Å². The summed E-state index contributed by atoms with van der Waals surface area (Å²) in [6.07, 6.45) is -0.894. The number of rotatable bonds is 5. The van der Waals surface area contributed by atoms with Crippen LogP contribution in [0, 0.1) is 0 Å². The number of nitrogens with zero attached hydrogens (tertiary/aromatic N) is 1. The van der Waals surface area contributed by atoms with Gasteiger partial charge in [0.05, 0.1) is 5.69 Å². The number of anilines is 1. The van der Waals surface area contributed by atoms with Crippen LogP contribution in [0.5, 0.6) is 0 Å². The highest BCUT2D eigenvalue weighted by Crippen LogP contribution is 2.14. The van der Waals surface area contributed by atoms with E-state index in [0.29, 0.717) is 13.0 Å². The molecule has 1 aromatic heterocycles. The number of ether oxygens (including phenoxy) is 1. The van der Waals surface area contributed by atoms with Gasteiger partial charge in [-0.3, -0.25) is 4.79 Å². The van der Waals surface area contributed by atoms with E-state index in [9.17, 15) is 18.0 Å². The topological polar surface area (TPSA) is 57.2 Å². The van der Waals surface area contributed by atoms with Crippen LogP contribution in [0.2, 0.25) is 0 Å². The lowest BCUT2D eigenvalue weighted by atomic mass is 10.4. The number of pyridine rings is 1. The van der Waals surface area contributed by atoms with Crippen molar-refractivity contribution in [1.29, 1.82) is 0 Å². The predicted octanol–water partition coefficient (Wildman–Crippen LogP) is 1.40. The van der Waals surface area contributed by atoms with Gasteiger partial charge in [0.25, 0.3) is 0 Å². The number of halogens is 3. The third kappa shape index (κ3) is 5.39. The Kier molecular flexibility index (Phi) is 4.56. The second kappa shape index (κ2) is 5.72. The van der Waals surface area contributed by atoms with E-state index in [1.54, 1.807) is 4.57 Å². The van der Waals surface area contributed by atoms with E-state index in [1.165, 1.54) is 18.5 Å². The monoisotopic (exact) mass is 250 g/mol. The quantitative estimate of drug-likeness (QED) is 0.803. The van der Waals surface area contributed by atoms with Gasteiger partial charge in [0.2, 0.25) is 5.43 Å². The van der Waals surface area contributed by atoms with Crippen molar-refractivity contribution in [2.75, 3.05) is 18.9 Å². The minimum Gasteiger partial charge on any atom is -0.394 e. The van der Waals surface area contributed by atoms with Gasteiger partial charge in [0.1, 0.15) is 6.61 Å². The number of aromatic nitrogens is 1. The summed E-state index contributed by atoms with van der Waals surface area (Å²) >= 11 is 0. The fourth-order valence-electron chi connectivity index (χ4n) is 1.22. The maximum atomic E-state index is 11.7. The molecule has 7 heteroatoms. The summed E-state index contributed by atoms with van der Waals surface area (Å²) in [4.78, 5) is 11.0. The molecule has 96 valence electrons. The van der Waals surface area contributed by atoms with E-state index in [4.69, 9.17) is 5.73 Å². The Bertz CT molecular complexity index is 415. The lowest BCUT2D eigenvalue weighted by Gasteiger charge is -2.09. The van der Waals surface area contributed by atoms with Crippen molar-refractivity contribution in [3.8, 4) is 0 Å². The van der Waals surface area contributed by atoms with Gasteiger partial charge in [-0.15, -0.1) is 0 Å². The zero-order chi connectivity index (χ0) is 12.9. The Morgan fingerprint density at radius 1 is 1.41 bits per heavy atom. The molecule has 0 radical (unpaired) electrons. The number of nitrogens with two attached hydrogens (primary N) is 1. The first kappa shape index (κ1) is 13.6. The smallest absolute Gasteiger partial charge is 0.394 e. The molecule has 1 rings (SSSR count).